The molecule has 0 heterocycles. The van der Waals surface area contributed by atoms with Crippen molar-refractivity contribution in [3.63, 3.8) is 0 Å². The number of benzene rings is 1. The number of nitrogens with one attached hydrogen (secondary N) is 1. The summed E-state index contributed by atoms with van der Waals surface area (Å²) in [6.07, 6.45) is 1.85. The van der Waals surface area contributed by atoms with Crippen LogP contribution >= 0.6 is 0 Å². The van der Waals surface area contributed by atoms with E-state index in [2.05, 4.69) is 12.2 Å². The number of ketones is 1. The largest absolute Gasteiger partial charge is 0.307 e. The van der Waals surface area contributed by atoms with Crippen LogP contribution in [0.2, 0.25) is 0 Å². The maximum Gasteiger partial charge on any atom is 0.179 e. The van der Waals surface area contributed by atoms with Crippen molar-refractivity contribution in [2.45, 2.75) is 39.7 Å². The van der Waals surface area contributed by atoms with E-state index in [1.54, 1.807) is 0 Å². The highest BCUT2D eigenvalue weighted by molar-refractivity contribution is 6.00. The van der Waals surface area contributed by atoms with Gasteiger partial charge >= 0.3 is 0 Å². The first-order valence-electron chi connectivity index (χ1n) is 6.09. The second kappa shape index (κ2) is 6.44. The highest BCUT2D eigenvalue weighted by Crippen LogP contribution is 2.09. The smallest absolute Gasteiger partial charge is 0.179 e. The minimum absolute atomic E-state index is 0.0440. The van der Waals surface area contributed by atoms with Crippen LogP contribution in [0, 0.1) is 0 Å². The van der Waals surface area contributed by atoms with Crippen LogP contribution in [0.5, 0.6) is 0 Å². The minimum atomic E-state index is -0.0440. The molecule has 0 amide bonds. The zero-order valence-electron chi connectivity index (χ0n) is 10.4. The molecule has 0 bridgehead atoms. The first-order valence-corrected chi connectivity index (χ1v) is 6.09. The fraction of sp³-hybridized carbons (Fsp3) is 0.500. The van der Waals surface area contributed by atoms with E-state index < -0.39 is 0 Å². The highest BCUT2D eigenvalue weighted by Gasteiger charge is 2.16. The van der Waals surface area contributed by atoms with Gasteiger partial charge < -0.3 is 5.32 Å². The zero-order valence-corrected chi connectivity index (χ0v) is 10.4. The number of hydrogen-bond acceptors (Lipinski definition) is 2. The van der Waals surface area contributed by atoms with E-state index in [0.717, 1.165) is 24.9 Å². The van der Waals surface area contributed by atoms with Crippen molar-refractivity contribution in [1.82, 2.24) is 5.32 Å². The molecule has 16 heavy (non-hydrogen) atoms. The second-order valence-electron chi connectivity index (χ2n) is 3.93. The first-order chi connectivity index (χ1) is 7.72. The number of likely N-dealkylation sites (N-methyl/N-ethyl adjacent to an activating group) is 1. The van der Waals surface area contributed by atoms with Crippen molar-refractivity contribution in [2.75, 3.05) is 6.54 Å². The van der Waals surface area contributed by atoms with Gasteiger partial charge in [0.05, 0.1) is 6.04 Å². The third kappa shape index (κ3) is 3.17. The topological polar surface area (TPSA) is 29.1 Å². The molecule has 0 spiro atoms. The summed E-state index contributed by atoms with van der Waals surface area (Å²) in [5.74, 6) is 0.201. The molecule has 0 aliphatic rings. The molecule has 2 nitrogen and oxygen atoms in total. The molecule has 0 aliphatic heterocycles. The monoisotopic (exact) mass is 219 g/mol. The maximum atomic E-state index is 12.1. The zero-order chi connectivity index (χ0) is 12.0. The Morgan fingerprint density at radius 1 is 1.19 bits per heavy atom. The summed E-state index contributed by atoms with van der Waals surface area (Å²) >= 11 is 0. The van der Waals surface area contributed by atoms with E-state index in [0.29, 0.717) is 0 Å². The van der Waals surface area contributed by atoms with Gasteiger partial charge in [-0.3, -0.25) is 4.79 Å². The lowest BCUT2D eigenvalue weighted by Crippen LogP contribution is -2.36. The van der Waals surface area contributed by atoms with E-state index in [1.807, 2.05) is 38.1 Å². The fourth-order valence-corrected chi connectivity index (χ4v) is 1.77. The Morgan fingerprint density at radius 3 is 2.25 bits per heavy atom. The van der Waals surface area contributed by atoms with Crippen molar-refractivity contribution in [2.24, 2.45) is 0 Å². The summed E-state index contributed by atoms with van der Waals surface area (Å²) in [4.78, 5) is 12.1. The third-order valence-corrected chi connectivity index (χ3v) is 2.82. The first kappa shape index (κ1) is 12.9. The van der Waals surface area contributed by atoms with Gasteiger partial charge in [0.1, 0.15) is 0 Å². The molecule has 88 valence electrons. The molecule has 0 aromatic heterocycles. The molecule has 1 aromatic rings. The summed E-state index contributed by atoms with van der Waals surface area (Å²) in [5, 5.41) is 3.21. The van der Waals surface area contributed by atoms with Crippen LogP contribution in [-0.2, 0) is 6.42 Å². The molecule has 0 radical (unpaired) electrons. The molecule has 2 heteroatoms. The summed E-state index contributed by atoms with van der Waals surface area (Å²) in [6.45, 7) is 7.00. The summed E-state index contributed by atoms with van der Waals surface area (Å²) < 4.78 is 0. The van der Waals surface area contributed by atoms with Crippen molar-refractivity contribution >= 4 is 5.78 Å². The Bertz CT molecular complexity index is 329. The van der Waals surface area contributed by atoms with Crippen LogP contribution in [0.25, 0.3) is 0 Å². The van der Waals surface area contributed by atoms with Gasteiger partial charge in [-0.05, 0) is 24.9 Å². The average Bonchev–Trinajstić information content (AvgIpc) is 2.35. The van der Waals surface area contributed by atoms with Crippen molar-refractivity contribution in [3.05, 3.63) is 35.4 Å². The van der Waals surface area contributed by atoms with Gasteiger partial charge in [0.25, 0.3) is 0 Å². The predicted octanol–water partition coefficient (Wildman–Crippen LogP) is 2.82. The van der Waals surface area contributed by atoms with Gasteiger partial charge in [-0.2, -0.15) is 0 Å². The van der Waals surface area contributed by atoms with Gasteiger partial charge in [-0.25, -0.2) is 0 Å². The predicted molar refractivity (Wildman–Crippen MR) is 67.9 cm³/mol. The molecular weight excluding hydrogens is 198 g/mol. The van der Waals surface area contributed by atoms with E-state index in [-0.39, 0.29) is 11.8 Å². The van der Waals surface area contributed by atoms with Crippen LogP contribution in [0.3, 0.4) is 0 Å². The molecule has 1 N–H and O–H groups in total. The number of hydrogen-bond donors (Lipinski definition) is 1. The number of aryl methyl sites for hydroxylation is 1. The lowest BCUT2D eigenvalue weighted by atomic mass is 10.0. The van der Waals surface area contributed by atoms with E-state index in [4.69, 9.17) is 0 Å². The Morgan fingerprint density at radius 2 is 1.81 bits per heavy atom. The number of Topliss-reactive ketones (excluding diaryl/α,β-unsaturated/α-hetero) is 1. The van der Waals surface area contributed by atoms with E-state index in [9.17, 15) is 4.79 Å². The normalized spacial score (nSPS) is 12.4. The van der Waals surface area contributed by atoms with Crippen LogP contribution in [0.15, 0.2) is 24.3 Å². The van der Waals surface area contributed by atoms with E-state index in [1.165, 1.54) is 5.56 Å². The minimum Gasteiger partial charge on any atom is -0.307 e. The van der Waals surface area contributed by atoms with Crippen LogP contribution < -0.4 is 5.32 Å². The van der Waals surface area contributed by atoms with Crippen molar-refractivity contribution in [3.8, 4) is 0 Å². The Kier molecular flexibility index (Phi) is 5.20. The van der Waals surface area contributed by atoms with Crippen LogP contribution in [0.1, 0.15) is 43.1 Å². The summed E-state index contributed by atoms with van der Waals surface area (Å²) in [7, 11) is 0. The Labute approximate surface area is 98.1 Å². The molecule has 0 saturated carbocycles. The van der Waals surface area contributed by atoms with Crippen LogP contribution in [0.4, 0.5) is 0 Å². The average molecular weight is 219 g/mol. The van der Waals surface area contributed by atoms with Crippen molar-refractivity contribution in [1.29, 1.82) is 0 Å². The lowest BCUT2D eigenvalue weighted by Gasteiger charge is -2.14. The number of rotatable bonds is 6. The van der Waals surface area contributed by atoms with Gasteiger partial charge in [0.15, 0.2) is 5.78 Å². The fourth-order valence-electron chi connectivity index (χ4n) is 1.77. The molecule has 1 rings (SSSR count). The summed E-state index contributed by atoms with van der Waals surface area (Å²) in [6, 6.07) is 7.89. The second-order valence-corrected chi connectivity index (χ2v) is 3.93. The van der Waals surface area contributed by atoms with Gasteiger partial charge in [0, 0.05) is 5.56 Å². The Balaban J connectivity index is 2.78. The van der Waals surface area contributed by atoms with Crippen molar-refractivity contribution < 1.29 is 4.79 Å². The number of carbonyl (C=O) groups excluding carboxylic acids is 1. The Hall–Kier alpha value is -1.15. The molecule has 0 fully saturated rings. The van der Waals surface area contributed by atoms with Gasteiger partial charge in [-0.1, -0.05) is 45.0 Å². The molecule has 1 aromatic carbocycles. The third-order valence-electron chi connectivity index (χ3n) is 2.82. The quantitative estimate of drug-likeness (QED) is 0.745. The lowest BCUT2D eigenvalue weighted by molar-refractivity contribution is 0.0941. The van der Waals surface area contributed by atoms with Crippen LogP contribution in [-0.4, -0.2) is 18.4 Å². The van der Waals surface area contributed by atoms with Gasteiger partial charge in [0.2, 0.25) is 0 Å². The maximum absolute atomic E-state index is 12.1. The standard InChI is InChI=1S/C14H21NO/c1-4-11-7-9-12(10-8-11)14(16)13(5-2)15-6-3/h7-10,13,15H,4-6H2,1-3H3. The molecule has 0 aliphatic carbocycles. The highest BCUT2D eigenvalue weighted by atomic mass is 16.1. The summed E-state index contributed by atoms with van der Waals surface area (Å²) in [5.41, 5.74) is 2.08. The number of carbonyl (C=O) groups is 1. The van der Waals surface area contributed by atoms with Gasteiger partial charge in [-0.15, -0.1) is 0 Å². The molecule has 1 unspecified atom stereocenters. The SMILES string of the molecule is CCNC(CC)C(=O)c1ccc(CC)cc1. The molecule has 0 saturated heterocycles. The molecule has 1 atom stereocenters. The van der Waals surface area contributed by atoms with E-state index >= 15 is 0 Å². The molecular formula is C14H21NO.